The first kappa shape index (κ1) is 27.1. The Morgan fingerprint density at radius 2 is 1.56 bits per heavy atom. The number of fused-ring (bicyclic) bond motifs is 3. The number of rotatable bonds is 9. The van der Waals surface area contributed by atoms with E-state index in [-0.39, 0.29) is 11.1 Å². The van der Waals surface area contributed by atoms with E-state index in [4.69, 9.17) is 4.74 Å². The number of ether oxygens (including phenoxy) is 1. The van der Waals surface area contributed by atoms with Gasteiger partial charge in [-0.25, -0.2) is 0 Å². The fourth-order valence-electron chi connectivity index (χ4n) is 7.69. The van der Waals surface area contributed by atoms with Crippen LogP contribution in [0.3, 0.4) is 0 Å². The minimum Gasteiger partial charge on any atom is -0.376 e. The van der Waals surface area contributed by atoms with Crippen molar-refractivity contribution in [3.63, 3.8) is 0 Å². The van der Waals surface area contributed by atoms with Gasteiger partial charge in [-0.3, -0.25) is 0 Å². The summed E-state index contributed by atoms with van der Waals surface area (Å²) in [5.41, 5.74) is 1.18. The summed E-state index contributed by atoms with van der Waals surface area (Å²) >= 11 is 2.43. The molecule has 2 aliphatic carbocycles. The summed E-state index contributed by atoms with van der Waals surface area (Å²) in [7, 11) is -1.61. The standard InChI is InChI=1S/C28H55NOSSi/c1-20-21(2)26(24-22-16-12-13-17-23(22)31-25(20)24)32(9,29-27(3,4)5)19-15-11-10-14-18-30-28(6,7)8/h20-26,29H,10-19H2,1-9H3. The molecule has 2 saturated carbocycles. The van der Waals surface area contributed by atoms with E-state index < -0.39 is 8.24 Å². The lowest BCUT2D eigenvalue weighted by Gasteiger charge is -2.46. The monoisotopic (exact) mass is 481 g/mol. The fraction of sp³-hybridized carbons (Fsp3) is 1.00. The predicted octanol–water partition coefficient (Wildman–Crippen LogP) is 8.27. The van der Waals surface area contributed by atoms with Gasteiger partial charge >= 0.3 is 0 Å². The van der Waals surface area contributed by atoms with Crippen LogP contribution in [0.25, 0.3) is 0 Å². The van der Waals surface area contributed by atoms with Crippen molar-refractivity contribution in [2.24, 2.45) is 23.7 Å². The summed E-state index contributed by atoms with van der Waals surface area (Å²) in [6.45, 7) is 22.6. The zero-order chi connectivity index (χ0) is 23.7. The van der Waals surface area contributed by atoms with Gasteiger partial charge in [-0.15, -0.1) is 0 Å². The molecule has 0 aromatic carbocycles. The summed E-state index contributed by atoms with van der Waals surface area (Å²) in [5.74, 6) is 3.78. The highest BCUT2D eigenvalue weighted by atomic mass is 32.2. The van der Waals surface area contributed by atoms with E-state index in [9.17, 15) is 0 Å². The molecule has 1 saturated heterocycles. The molecule has 8 unspecified atom stereocenters. The Balaban J connectivity index is 1.67. The normalized spacial score (nSPS) is 37.2. The zero-order valence-corrected chi connectivity index (χ0v) is 24.7. The van der Waals surface area contributed by atoms with Crippen LogP contribution < -0.4 is 4.98 Å². The first-order valence-electron chi connectivity index (χ1n) is 13.9. The van der Waals surface area contributed by atoms with Crippen LogP contribution >= 0.6 is 11.8 Å². The molecule has 0 amide bonds. The summed E-state index contributed by atoms with van der Waals surface area (Å²) in [6.07, 6.45) is 11.3. The number of hydrogen-bond donors (Lipinski definition) is 1. The number of hydrogen-bond acceptors (Lipinski definition) is 3. The number of unbranched alkanes of at least 4 members (excludes halogenated alkanes) is 3. The maximum atomic E-state index is 5.94. The van der Waals surface area contributed by atoms with Crippen LogP contribution in [0.2, 0.25) is 18.1 Å². The Morgan fingerprint density at radius 3 is 2.22 bits per heavy atom. The minimum atomic E-state index is -1.61. The van der Waals surface area contributed by atoms with Crippen LogP contribution in [-0.4, -0.2) is 36.5 Å². The molecule has 8 atom stereocenters. The van der Waals surface area contributed by atoms with Crippen molar-refractivity contribution in [3.05, 3.63) is 0 Å². The molecule has 3 rings (SSSR count). The molecule has 0 aromatic heterocycles. The lowest BCUT2D eigenvalue weighted by atomic mass is 9.78. The molecule has 2 nitrogen and oxygen atoms in total. The highest BCUT2D eigenvalue weighted by molar-refractivity contribution is 8.00. The van der Waals surface area contributed by atoms with Crippen molar-refractivity contribution in [1.82, 2.24) is 4.98 Å². The molecule has 1 N–H and O–H groups in total. The van der Waals surface area contributed by atoms with Gasteiger partial charge in [-0.1, -0.05) is 52.5 Å². The predicted molar refractivity (Wildman–Crippen MR) is 146 cm³/mol. The lowest BCUT2D eigenvalue weighted by molar-refractivity contribution is -0.00471. The van der Waals surface area contributed by atoms with Crippen molar-refractivity contribution in [1.29, 1.82) is 0 Å². The van der Waals surface area contributed by atoms with Crippen molar-refractivity contribution >= 4 is 20.0 Å². The molecule has 1 heterocycles. The van der Waals surface area contributed by atoms with Gasteiger partial charge in [-0.05, 0) is 96.1 Å². The second-order valence-corrected chi connectivity index (χ2v) is 19.5. The first-order chi connectivity index (χ1) is 14.8. The molecule has 0 aromatic rings. The van der Waals surface area contributed by atoms with Crippen LogP contribution in [0.1, 0.15) is 107 Å². The number of nitrogens with one attached hydrogen (secondary N) is 1. The Hall–Kier alpha value is 0.487. The molecular weight excluding hydrogens is 426 g/mol. The smallest absolute Gasteiger partial charge is 0.126 e. The Kier molecular flexibility index (Phi) is 8.99. The van der Waals surface area contributed by atoms with E-state index in [2.05, 4.69) is 78.7 Å². The van der Waals surface area contributed by atoms with Crippen LogP contribution in [0.15, 0.2) is 0 Å². The molecule has 0 radical (unpaired) electrons. The third kappa shape index (κ3) is 6.58. The van der Waals surface area contributed by atoms with Gasteiger partial charge < -0.3 is 9.72 Å². The van der Waals surface area contributed by atoms with Crippen molar-refractivity contribution in [2.75, 3.05) is 6.61 Å². The zero-order valence-electron chi connectivity index (χ0n) is 22.9. The van der Waals surface area contributed by atoms with Gasteiger partial charge in [0.05, 0.1) is 5.60 Å². The summed E-state index contributed by atoms with van der Waals surface area (Å²) in [4.78, 5) is 4.36. The van der Waals surface area contributed by atoms with Crippen LogP contribution in [-0.2, 0) is 4.74 Å². The van der Waals surface area contributed by atoms with Crippen molar-refractivity contribution in [3.8, 4) is 0 Å². The topological polar surface area (TPSA) is 21.3 Å². The maximum absolute atomic E-state index is 5.94. The van der Waals surface area contributed by atoms with Gasteiger partial charge in [0.1, 0.15) is 8.24 Å². The first-order valence-corrected chi connectivity index (χ1v) is 17.6. The van der Waals surface area contributed by atoms with Gasteiger partial charge in [0.15, 0.2) is 0 Å². The lowest BCUT2D eigenvalue weighted by Crippen LogP contribution is -2.61. The van der Waals surface area contributed by atoms with E-state index >= 15 is 0 Å². The quantitative estimate of drug-likeness (QED) is 0.264. The molecular formula is C28H55NOSSi. The molecule has 1 aliphatic heterocycles. The fourth-order valence-corrected chi connectivity index (χ4v) is 16.2. The van der Waals surface area contributed by atoms with E-state index in [1.807, 2.05) is 0 Å². The molecule has 188 valence electrons. The van der Waals surface area contributed by atoms with Gasteiger partial charge in [0.2, 0.25) is 0 Å². The van der Waals surface area contributed by atoms with E-state index in [1.165, 1.54) is 57.4 Å². The molecule has 4 heteroatoms. The second-order valence-electron chi connectivity index (χ2n) is 13.8. The molecule has 0 spiro atoms. The average molecular weight is 482 g/mol. The highest BCUT2D eigenvalue weighted by Gasteiger charge is 2.61. The molecule has 3 aliphatic rings. The maximum Gasteiger partial charge on any atom is 0.126 e. The van der Waals surface area contributed by atoms with Crippen molar-refractivity contribution < 1.29 is 4.74 Å². The Bertz CT molecular complexity index is 597. The summed E-state index contributed by atoms with van der Waals surface area (Å²) < 4.78 is 5.94. The third-order valence-electron chi connectivity index (χ3n) is 8.81. The number of thioether (sulfide) groups is 1. The van der Waals surface area contributed by atoms with Crippen LogP contribution in [0.5, 0.6) is 0 Å². The summed E-state index contributed by atoms with van der Waals surface area (Å²) in [5, 5.41) is 1.91. The van der Waals surface area contributed by atoms with E-state index in [0.717, 1.165) is 46.3 Å². The van der Waals surface area contributed by atoms with Crippen LogP contribution in [0, 0.1) is 23.7 Å². The molecule has 32 heavy (non-hydrogen) atoms. The van der Waals surface area contributed by atoms with Gasteiger partial charge in [-0.2, -0.15) is 11.8 Å². The Labute approximate surface area is 206 Å². The van der Waals surface area contributed by atoms with E-state index in [0.29, 0.717) is 0 Å². The second kappa shape index (κ2) is 10.6. The third-order valence-corrected chi connectivity index (χ3v) is 15.9. The van der Waals surface area contributed by atoms with Gasteiger partial charge in [0, 0.05) is 22.6 Å². The molecule has 0 bridgehead atoms. The molecule has 3 fully saturated rings. The SMILES string of the molecule is CC1C(C)C([Si](C)(CCCCCCOC(C)(C)C)NC(C)(C)C)C2C3CCCCC3SC12. The average Bonchev–Trinajstić information content (AvgIpc) is 3.14. The van der Waals surface area contributed by atoms with Gasteiger partial charge in [0.25, 0.3) is 0 Å². The summed E-state index contributed by atoms with van der Waals surface area (Å²) in [6, 6.07) is 1.46. The largest absolute Gasteiger partial charge is 0.376 e. The van der Waals surface area contributed by atoms with Crippen LogP contribution in [0.4, 0.5) is 0 Å². The highest BCUT2D eigenvalue weighted by Crippen LogP contribution is 2.65. The minimum absolute atomic E-state index is 0.00420. The van der Waals surface area contributed by atoms with Crippen molar-refractivity contribution in [2.45, 2.75) is 147 Å². The van der Waals surface area contributed by atoms with E-state index in [1.54, 1.807) is 0 Å². The Morgan fingerprint density at radius 1 is 0.906 bits per heavy atom.